The van der Waals surface area contributed by atoms with Crippen LogP contribution in [0.25, 0.3) is 11.3 Å². The number of hydrogen-bond donors (Lipinski definition) is 3. The molecule has 3 aliphatic rings. The fourth-order valence-electron chi connectivity index (χ4n) is 6.56. The summed E-state index contributed by atoms with van der Waals surface area (Å²) >= 11 is 0. The Morgan fingerprint density at radius 1 is 1.12 bits per heavy atom. The van der Waals surface area contributed by atoms with Gasteiger partial charge in [-0.05, 0) is 93.1 Å². The number of hydrogen-bond acceptors (Lipinski definition) is 7. The number of aromatic amines is 1. The van der Waals surface area contributed by atoms with Gasteiger partial charge in [0.2, 0.25) is 0 Å². The standard InChI is InChI=1S/C31H40N6O3/c38-29(39)4-2-13-36-14-10-31(22-36,9-7-26-6-5-23-3-1-11-32-30(23)34-26)25-19-24(28-8-12-33-35-28)20-27(21-25)37-15-17-40-18-16-37/h5-6,8,12,19-21H,1-4,7,9-11,13-18,22H2,(H,32,34)(H,33,35)(H,38,39)/t31-/m0/s1. The molecule has 5 heterocycles. The van der Waals surface area contributed by atoms with E-state index in [1.54, 1.807) is 0 Å². The van der Waals surface area contributed by atoms with Gasteiger partial charge in [-0.2, -0.15) is 5.10 Å². The minimum absolute atomic E-state index is 0.0503. The molecule has 2 fully saturated rings. The number of carboxylic acid groups (broad SMARTS) is 1. The summed E-state index contributed by atoms with van der Waals surface area (Å²) in [4.78, 5) is 21.1. The number of aromatic nitrogens is 3. The first-order valence-electron chi connectivity index (χ1n) is 14.7. The molecule has 3 aromatic rings. The first-order chi connectivity index (χ1) is 19.6. The number of aryl methyl sites for hydroxylation is 2. The SMILES string of the molecule is O=C(O)CCCN1CC[C@](CCc2ccc3c(n2)NCCC3)(c2cc(-c3ccn[nH]3)cc(N3CCOCC3)c2)C1. The second-order valence-corrected chi connectivity index (χ2v) is 11.5. The van der Waals surface area contributed by atoms with Gasteiger partial charge in [0.1, 0.15) is 5.82 Å². The van der Waals surface area contributed by atoms with Crippen molar-refractivity contribution >= 4 is 17.5 Å². The van der Waals surface area contributed by atoms with E-state index in [1.165, 1.54) is 16.8 Å². The highest BCUT2D eigenvalue weighted by molar-refractivity contribution is 5.68. The van der Waals surface area contributed by atoms with E-state index in [2.05, 4.69) is 55.6 Å². The zero-order valence-electron chi connectivity index (χ0n) is 23.2. The Balaban J connectivity index is 1.32. The molecule has 0 bridgehead atoms. The molecule has 2 saturated heterocycles. The van der Waals surface area contributed by atoms with Crippen molar-refractivity contribution in [1.82, 2.24) is 20.1 Å². The maximum Gasteiger partial charge on any atom is 0.303 e. The van der Waals surface area contributed by atoms with E-state index in [4.69, 9.17) is 9.72 Å². The predicted octanol–water partition coefficient (Wildman–Crippen LogP) is 4.11. The van der Waals surface area contributed by atoms with Crippen molar-refractivity contribution in [3.8, 4) is 11.3 Å². The van der Waals surface area contributed by atoms with Crippen LogP contribution < -0.4 is 10.2 Å². The minimum Gasteiger partial charge on any atom is -0.481 e. The van der Waals surface area contributed by atoms with Crippen LogP contribution in [-0.2, 0) is 27.8 Å². The predicted molar refractivity (Wildman–Crippen MR) is 156 cm³/mol. The largest absolute Gasteiger partial charge is 0.481 e. The minimum atomic E-state index is -0.722. The highest BCUT2D eigenvalue weighted by Crippen LogP contribution is 2.42. The molecule has 0 spiro atoms. The molecule has 6 rings (SSSR count). The van der Waals surface area contributed by atoms with Crippen LogP contribution >= 0.6 is 0 Å². The summed E-state index contributed by atoms with van der Waals surface area (Å²) in [7, 11) is 0. The average Bonchev–Trinajstić information content (AvgIpc) is 3.68. The summed E-state index contributed by atoms with van der Waals surface area (Å²) in [5.74, 6) is 0.329. The van der Waals surface area contributed by atoms with E-state index in [-0.39, 0.29) is 11.8 Å². The molecular weight excluding hydrogens is 504 g/mol. The number of rotatable bonds is 10. The van der Waals surface area contributed by atoms with Crippen molar-refractivity contribution in [2.45, 2.75) is 50.4 Å². The van der Waals surface area contributed by atoms with Crippen LogP contribution in [0.5, 0.6) is 0 Å². The Kier molecular flexibility index (Phi) is 8.02. The maximum atomic E-state index is 11.2. The number of benzene rings is 1. The maximum absolute atomic E-state index is 11.2. The fourth-order valence-corrected chi connectivity index (χ4v) is 6.56. The quantitative estimate of drug-likeness (QED) is 0.350. The Labute approximate surface area is 235 Å². The number of H-pyrrole nitrogens is 1. The van der Waals surface area contributed by atoms with E-state index < -0.39 is 5.97 Å². The van der Waals surface area contributed by atoms with Gasteiger partial charge in [0.05, 0.1) is 18.9 Å². The first kappa shape index (κ1) is 26.8. The van der Waals surface area contributed by atoms with Crippen LogP contribution in [0.3, 0.4) is 0 Å². The van der Waals surface area contributed by atoms with Gasteiger partial charge in [0, 0.05) is 61.2 Å². The molecule has 1 aromatic carbocycles. The van der Waals surface area contributed by atoms with Crippen LogP contribution in [0, 0.1) is 0 Å². The number of likely N-dealkylation sites (tertiary alicyclic amines) is 1. The van der Waals surface area contributed by atoms with E-state index in [0.717, 1.165) is 107 Å². The van der Waals surface area contributed by atoms with Crippen molar-refractivity contribution in [3.63, 3.8) is 0 Å². The monoisotopic (exact) mass is 544 g/mol. The molecule has 9 nitrogen and oxygen atoms in total. The molecule has 40 heavy (non-hydrogen) atoms. The van der Waals surface area contributed by atoms with Gasteiger partial charge < -0.3 is 25.0 Å². The Morgan fingerprint density at radius 2 is 2.02 bits per heavy atom. The third kappa shape index (κ3) is 6.00. The summed E-state index contributed by atoms with van der Waals surface area (Å²) in [6, 6.07) is 13.5. The lowest BCUT2D eigenvalue weighted by Gasteiger charge is -2.34. The van der Waals surface area contributed by atoms with Crippen molar-refractivity contribution < 1.29 is 14.6 Å². The lowest BCUT2D eigenvalue weighted by Crippen LogP contribution is -2.37. The molecule has 0 radical (unpaired) electrons. The van der Waals surface area contributed by atoms with Crippen molar-refractivity contribution in [2.24, 2.45) is 0 Å². The summed E-state index contributed by atoms with van der Waals surface area (Å²) in [5.41, 5.74) is 7.14. The summed E-state index contributed by atoms with van der Waals surface area (Å²) in [6.07, 6.45) is 7.88. The van der Waals surface area contributed by atoms with E-state index in [0.29, 0.717) is 6.42 Å². The highest BCUT2D eigenvalue weighted by Gasteiger charge is 2.40. The lowest BCUT2D eigenvalue weighted by atomic mass is 9.74. The molecular formula is C31H40N6O3. The summed E-state index contributed by atoms with van der Waals surface area (Å²) in [5, 5.41) is 20.1. The van der Waals surface area contributed by atoms with Crippen LogP contribution in [0.4, 0.5) is 11.5 Å². The Morgan fingerprint density at radius 3 is 2.85 bits per heavy atom. The number of nitrogens with zero attached hydrogens (tertiary/aromatic N) is 4. The molecule has 0 saturated carbocycles. The van der Waals surface area contributed by atoms with Crippen LogP contribution in [0.2, 0.25) is 0 Å². The topological polar surface area (TPSA) is 107 Å². The van der Waals surface area contributed by atoms with Gasteiger partial charge in [-0.15, -0.1) is 0 Å². The Hall–Kier alpha value is -3.43. The molecule has 1 atom stereocenters. The highest BCUT2D eigenvalue weighted by atomic mass is 16.5. The first-order valence-corrected chi connectivity index (χ1v) is 14.7. The average molecular weight is 545 g/mol. The molecule has 0 unspecified atom stereocenters. The van der Waals surface area contributed by atoms with Gasteiger partial charge in [-0.1, -0.05) is 6.07 Å². The number of pyridine rings is 1. The molecule has 0 aliphatic carbocycles. The van der Waals surface area contributed by atoms with Gasteiger partial charge >= 0.3 is 5.97 Å². The second-order valence-electron chi connectivity index (χ2n) is 11.5. The van der Waals surface area contributed by atoms with Crippen molar-refractivity contribution in [3.05, 3.63) is 59.4 Å². The zero-order chi connectivity index (χ0) is 27.4. The number of fused-ring (bicyclic) bond motifs is 1. The van der Waals surface area contributed by atoms with Crippen LogP contribution in [-0.4, -0.2) is 83.6 Å². The zero-order valence-corrected chi connectivity index (χ0v) is 23.2. The molecule has 2 aromatic heterocycles. The van der Waals surface area contributed by atoms with Gasteiger partial charge in [-0.3, -0.25) is 9.89 Å². The van der Waals surface area contributed by atoms with E-state index in [9.17, 15) is 9.90 Å². The third-order valence-corrected chi connectivity index (χ3v) is 8.83. The number of morpholine rings is 1. The third-order valence-electron chi connectivity index (χ3n) is 8.83. The summed E-state index contributed by atoms with van der Waals surface area (Å²) in [6.45, 7) is 6.94. The molecule has 3 aliphatic heterocycles. The van der Waals surface area contributed by atoms with Gasteiger partial charge in [0.15, 0.2) is 0 Å². The van der Waals surface area contributed by atoms with E-state index >= 15 is 0 Å². The number of ether oxygens (including phenoxy) is 1. The normalized spacial score (nSPS) is 21.2. The lowest BCUT2D eigenvalue weighted by molar-refractivity contribution is -0.137. The van der Waals surface area contributed by atoms with E-state index in [1.807, 2.05) is 12.3 Å². The van der Waals surface area contributed by atoms with Gasteiger partial charge in [0.25, 0.3) is 0 Å². The van der Waals surface area contributed by atoms with Crippen LogP contribution in [0.1, 0.15) is 48.9 Å². The molecule has 212 valence electrons. The number of anilines is 2. The number of carboxylic acids is 1. The number of nitrogens with one attached hydrogen (secondary N) is 2. The fraction of sp³-hybridized carbons (Fsp3) is 0.516. The van der Waals surface area contributed by atoms with Gasteiger partial charge in [-0.25, -0.2) is 4.98 Å². The Bertz CT molecular complexity index is 1310. The van der Waals surface area contributed by atoms with Crippen LogP contribution in [0.15, 0.2) is 42.6 Å². The van der Waals surface area contributed by atoms with Crippen molar-refractivity contribution in [1.29, 1.82) is 0 Å². The summed E-state index contributed by atoms with van der Waals surface area (Å²) < 4.78 is 5.65. The van der Waals surface area contributed by atoms with Crippen molar-refractivity contribution in [2.75, 3.05) is 62.7 Å². The molecule has 9 heteroatoms. The number of aliphatic carboxylic acids is 1. The molecule has 0 amide bonds. The molecule has 3 N–H and O–H groups in total. The number of carbonyl (C=O) groups is 1. The second kappa shape index (κ2) is 12.0. The smallest absolute Gasteiger partial charge is 0.303 e.